The molecule has 0 saturated carbocycles. The Hall–Kier alpha value is -1.04. The van der Waals surface area contributed by atoms with E-state index in [4.69, 9.17) is 27.9 Å². The number of ether oxygens (including phenoxy) is 1. The second-order valence-electron chi connectivity index (χ2n) is 5.46. The van der Waals surface area contributed by atoms with Crippen LogP contribution in [-0.4, -0.2) is 0 Å². The molecule has 1 aromatic heterocycles. The maximum atomic E-state index is 6.22. The van der Waals surface area contributed by atoms with Gasteiger partial charge in [-0.25, -0.2) is 0 Å². The highest BCUT2D eigenvalue weighted by Crippen LogP contribution is 2.26. The van der Waals surface area contributed by atoms with Crippen molar-refractivity contribution in [1.82, 2.24) is 5.32 Å². The van der Waals surface area contributed by atoms with E-state index in [0.29, 0.717) is 16.7 Å². The minimum atomic E-state index is 0.398. The summed E-state index contributed by atoms with van der Waals surface area (Å²) in [6, 6.07) is 15.6. The number of thiophene rings is 1. The first-order chi connectivity index (χ1) is 12.1. The van der Waals surface area contributed by atoms with E-state index < -0.39 is 0 Å². The van der Waals surface area contributed by atoms with Crippen LogP contribution in [0.4, 0.5) is 0 Å². The summed E-state index contributed by atoms with van der Waals surface area (Å²) in [6.07, 6.45) is 0. The van der Waals surface area contributed by atoms with Crippen molar-refractivity contribution in [3.05, 3.63) is 84.4 Å². The normalized spacial score (nSPS) is 10.8. The van der Waals surface area contributed by atoms with Crippen molar-refractivity contribution in [2.24, 2.45) is 0 Å². The molecule has 0 atom stereocenters. The van der Waals surface area contributed by atoms with Gasteiger partial charge in [0.05, 0.1) is 0 Å². The Kier molecular flexibility index (Phi) is 6.79. The second-order valence-corrected chi connectivity index (χ2v) is 8.25. The van der Waals surface area contributed by atoms with Crippen LogP contribution in [0, 0.1) is 0 Å². The Labute approximate surface area is 169 Å². The van der Waals surface area contributed by atoms with Gasteiger partial charge in [-0.1, -0.05) is 51.3 Å². The van der Waals surface area contributed by atoms with Gasteiger partial charge >= 0.3 is 0 Å². The van der Waals surface area contributed by atoms with Crippen LogP contribution in [0.25, 0.3) is 0 Å². The first kappa shape index (κ1) is 18.7. The zero-order valence-electron chi connectivity index (χ0n) is 13.3. The largest absolute Gasteiger partial charge is 0.489 e. The maximum Gasteiger partial charge on any atom is 0.124 e. The smallest absolute Gasteiger partial charge is 0.124 e. The Morgan fingerprint density at radius 2 is 1.88 bits per heavy atom. The van der Waals surface area contributed by atoms with Crippen LogP contribution in [0.1, 0.15) is 16.0 Å². The molecule has 0 aliphatic heterocycles. The summed E-state index contributed by atoms with van der Waals surface area (Å²) in [5, 5.41) is 6.77. The van der Waals surface area contributed by atoms with Gasteiger partial charge in [0.15, 0.2) is 0 Å². The van der Waals surface area contributed by atoms with Crippen LogP contribution in [-0.2, 0) is 19.7 Å². The summed E-state index contributed by atoms with van der Waals surface area (Å²) in [5.41, 5.74) is 2.00. The van der Waals surface area contributed by atoms with Gasteiger partial charge in [-0.05, 0) is 41.8 Å². The lowest BCUT2D eigenvalue weighted by molar-refractivity contribution is 0.302. The number of nitrogens with one attached hydrogen (secondary N) is 1. The second kappa shape index (κ2) is 9.06. The standard InChI is InChI=1S/C19H16BrCl2NOS/c20-15-4-6-19(24-12-13-3-5-16(21)9-18(13)22)14(8-15)10-23-11-17-2-1-7-25-17/h1-9,23H,10-12H2. The highest BCUT2D eigenvalue weighted by atomic mass is 79.9. The van der Waals surface area contributed by atoms with Gasteiger partial charge in [0.25, 0.3) is 0 Å². The van der Waals surface area contributed by atoms with Crippen molar-refractivity contribution < 1.29 is 4.74 Å². The van der Waals surface area contributed by atoms with Crippen molar-refractivity contribution in [3.63, 3.8) is 0 Å². The lowest BCUT2D eigenvalue weighted by atomic mass is 10.2. The van der Waals surface area contributed by atoms with Gasteiger partial charge in [0.2, 0.25) is 0 Å². The predicted molar refractivity (Wildman–Crippen MR) is 110 cm³/mol. The van der Waals surface area contributed by atoms with Crippen LogP contribution in [0.5, 0.6) is 5.75 Å². The SMILES string of the molecule is Clc1ccc(COc2ccc(Br)cc2CNCc2cccs2)c(Cl)c1. The van der Waals surface area contributed by atoms with E-state index in [2.05, 4.69) is 44.8 Å². The molecular weight excluding hydrogens is 441 g/mol. The van der Waals surface area contributed by atoms with Gasteiger partial charge in [-0.2, -0.15) is 0 Å². The molecule has 0 aliphatic carbocycles. The Morgan fingerprint density at radius 3 is 2.64 bits per heavy atom. The first-order valence-electron chi connectivity index (χ1n) is 7.70. The third-order valence-electron chi connectivity index (χ3n) is 3.62. The fraction of sp³-hybridized carbons (Fsp3) is 0.158. The van der Waals surface area contributed by atoms with E-state index in [1.165, 1.54) is 4.88 Å². The molecule has 0 fully saturated rings. The van der Waals surface area contributed by atoms with Gasteiger partial charge in [0, 0.05) is 43.6 Å². The maximum absolute atomic E-state index is 6.22. The summed E-state index contributed by atoms with van der Waals surface area (Å²) in [4.78, 5) is 1.31. The van der Waals surface area contributed by atoms with Crippen molar-refractivity contribution in [1.29, 1.82) is 0 Å². The van der Waals surface area contributed by atoms with E-state index in [-0.39, 0.29) is 0 Å². The van der Waals surface area contributed by atoms with Gasteiger partial charge in [-0.15, -0.1) is 11.3 Å². The van der Waals surface area contributed by atoms with Crippen LogP contribution < -0.4 is 10.1 Å². The Morgan fingerprint density at radius 1 is 1.00 bits per heavy atom. The third kappa shape index (κ3) is 5.47. The molecule has 0 bridgehead atoms. The zero-order chi connectivity index (χ0) is 17.6. The molecule has 2 aromatic carbocycles. The number of hydrogen-bond donors (Lipinski definition) is 1. The van der Waals surface area contributed by atoms with Crippen molar-refractivity contribution in [2.45, 2.75) is 19.7 Å². The van der Waals surface area contributed by atoms with E-state index in [0.717, 1.165) is 34.4 Å². The minimum absolute atomic E-state index is 0.398. The average Bonchev–Trinajstić information content (AvgIpc) is 3.09. The first-order valence-corrected chi connectivity index (χ1v) is 10.1. The van der Waals surface area contributed by atoms with Crippen molar-refractivity contribution >= 4 is 50.5 Å². The summed E-state index contributed by atoms with van der Waals surface area (Å²) < 4.78 is 7.03. The molecule has 2 nitrogen and oxygen atoms in total. The fourth-order valence-electron chi connectivity index (χ4n) is 2.35. The predicted octanol–water partition coefficient (Wildman–Crippen LogP) is 6.69. The minimum Gasteiger partial charge on any atom is -0.489 e. The summed E-state index contributed by atoms with van der Waals surface area (Å²) in [7, 11) is 0. The van der Waals surface area contributed by atoms with Gasteiger partial charge in [-0.3, -0.25) is 0 Å². The van der Waals surface area contributed by atoms with E-state index >= 15 is 0 Å². The zero-order valence-corrected chi connectivity index (χ0v) is 17.2. The molecule has 1 N–H and O–H groups in total. The monoisotopic (exact) mass is 455 g/mol. The topological polar surface area (TPSA) is 21.3 Å². The number of halogens is 3. The van der Waals surface area contributed by atoms with Crippen molar-refractivity contribution in [2.75, 3.05) is 0 Å². The molecule has 25 heavy (non-hydrogen) atoms. The molecule has 0 amide bonds. The summed E-state index contributed by atoms with van der Waals surface area (Å²) >= 11 is 17.4. The average molecular weight is 457 g/mol. The van der Waals surface area contributed by atoms with E-state index in [1.807, 2.05) is 24.3 Å². The third-order valence-corrected chi connectivity index (χ3v) is 5.57. The van der Waals surface area contributed by atoms with Crippen molar-refractivity contribution in [3.8, 4) is 5.75 Å². The molecule has 3 aromatic rings. The quantitative estimate of drug-likeness (QED) is 0.427. The molecular formula is C19H16BrCl2NOS. The van der Waals surface area contributed by atoms with Crippen LogP contribution in [0.2, 0.25) is 10.0 Å². The van der Waals surface area contributed by atoms with Crippen LogP contribution >= 0.6 is 50.5 Å². The number of hydrogen-bond acceptors (Lipinski definition) is 3. The highest BCUT2D eigenvalue weighted by molar-refractivity contribution is 9.10. The molecule has 0 radical (unpaired) electrons. The van der Waals surface area contributed by atoms with Crippen LogP contribution in [0.3, 0.4) is 0 Å². The number of rotatable bonds is 7. The molecule has 0 saturated heterocycles. The van der Waals surface area contributed by atoms with Gasteiger partial charge in [0.1, 0.15) is 12.4 Å². The summed E-state index contributed by atoms with van der Waals surface area (Å²) in [5.74, 6) is 0.841. The highest BCUT2D eigenvalue weighted by Gasteiger charge is 2.08. The lowest BCUT2D eigenvalue weighted by Gasteiger charge is -2.13. The molecule has 130 valence electrons. The Bertz CT molecular complexity index is 839. The molecule has 0 spiro atoms. The molecule has 1 heterocycles. The van der Waals surface area contributed by atoms with Gasteiger partial charge < -0.3 is 10.1 Å². The lowest BCUT2D eigenvalue weighted by Crippen LogP contribution is -2.13. The summed E-state index contributed by atoms with van der Waals surface area (Å²) in [6.45, 7) is 1.96. The van der Waals surface area contributed by atoms with E-state index in [9.17, 15) is 0 Å². The molecule has 6 heteroatoms. The fourth-order valence-corrected chi connectivity index (χ4v) is 3.90. The molecule has 0 aliphatic rings. The molecule has 3 rings (SSSR count). The van der Waals surface area contributed by atoms with Crippen LogP contribution in [0.15, 0.2) is 58.4 Å². The Balaban J connectivity index is 1.65. The molecule has 0 unspecified atom stereocenters. The van der Waals surface area contributed by atoms with E-state index in [1.54, 1.807) is 17.4 Å². The number of benzene rings is 2.